The van der Waals surface area contributed by atoms with Crippen molar-refractivity contribution < 1.29 is 23.9 Å². The van der Waals surface area contributed by atoms with Crippen LogP contribution < -0.4 is 9.47 Å². The maximum atomic E-state index is 12.7. The van der Waals surface area contributed by atoms with E-state index in [1.165, 1.54) is 0 Å². The predicted octanol–water partition coefficient (Wildman–Crippen LogP) is 3.78. The number of ether oxygens (including phenoxy) is 2. The van der Waals surface area contributed by atoms with Gasteiger partial charge >= 0.3 is 0 Å². The summed E-state index contributed by atoms with van der Waals surface area (Å²) in [6.07, 6.45) is 4.43. The van der Waals surface area contributed by atoms with Crippen LogP contribution in [0.2, 0.25) is 0 Å². The Morgan fingerprint density at radius 1 is 1.23 bits per heavy atom. The molecular formula is C22H28N2O5S. The largest absolute Gasteiger partial charge is 0.493 e. The number of carbonyl (C=O) groups excluding carboxylic acids is 3. The van der Waals surface area contributed by atoms with Crippen molar-refractivity contribution in [3.8, 4) is 11.5 Å². The van der Waals surface area contributed by atoms with E-state index in [-0.39, 0.29) is 12.5 Å². The summed E-state index contributed by atoms with van der Waals surface area (Å²) in [6, 6.07) is 5.35. The van der Waals surface area contributed by atoms with Crippen LogP contribution >= 0.6 is 11.8 Å². The lowest BCUT2D eigenvalue weighted by Gasteiger charge is -2.31. The summed E-state index contributed by atoms with van der Waals surface area (Å²) in [5.74, 6) is 1.18. The second-order valence-electron chi connectivity index (χ2n) is 7.59. The number of likely N-dealkylation sites (tertiary alicyclic amines) is 1. The zero-order valence-electron chi connectivity index (χ0n) is 17.7. The Morgan fingerprint density at radius 3 is 2.63 bits per heavy atom. The Morgan fingerprint density at radius 2 is 1.97 bits per heavy atom. The average molecular weight is 433 g/mol. The fourth-order valence-electron chi connectivity index (χ4n) is 3.39. The molecule has 0 radical (unpaired) electrons. The molecule has 8 heteroatoms. The Balaban J connectivity index is 1.69. The topological polar surface area (TPSA) is 76.2 Å². The van der Waals surface area contributed by atoms with Gasteiger partial charge in [0.05, 0.1) is 18.6 Å². The minimum atomic E-state index is -0.436. The molecule has 2 aliphatic heterocycles. The fraction of sp³-hybridized carbons (Fsp3) is 0.500. The summed E-state index contributed by atoms with van der Waals surface area (Å²) >= 11 is 0.853. The number of carbonyl (C=O) groups is 3. The number of hydrogen-bond acceptors (Lipinski definition) is 6. The van der Waals surface area contributed by atoms with Gasteiger partial charge in [-0.25, -0.2) is 0 Å². The van der Waals surface area contributed by atoms with Crippen LogP contribution in [0.15, 0.2) is 23.1 Å². The van der Waals surface area contributed by atoms with Gasteiger partial charge < -0.3 is 14.4 Å². The number of methoxy groups -OCH3 is 1. The number of hydrogen-bond donors (Lipinski definition) is 0. The predicted molar refractivity (Wildman–Crippen MR) is 116 cm³/mol. The second kappa shape index (κ2) is 10.0. The molecule has 2 heterocycles. The minimum Gasteiger partial charge on any atom is -0.493 e. The molecular weight excluding hydrogens is 404 g/mol. The van der Waals surface area contributed by atoms with Gasteiger partial charge in [0.1, 0.15) is 6.54 Å². The number of nitrogens with zero attached hydrogens (tertiary/aromatic N) is 2. The lowest BCUT2D eigenvalue weighted by Crippen LogP contribution is -2.45. The SMILES string of the molecule is CCCOc1ccc(/C=C2\SC(=O)N(CC(=O)N3CCC(C)CC3)C2=O)cc1OC. The highest BCUT2D eigenvalue weighted by Gasteiger charge is 2.37. The minimum absolute atomic E-state index is 0.176. The number of piperidine rings is 1. The smallest absolute Gasteiger partial charge is 0.294 e. The molecule has 0 unspecified atom stereocenters. The van der Waals surface area contributed by atoms with Crippen LogP contribution in [0.25, 0.3) is 6.08 Å². The Bertz CT molecular complexity index is 846. The average Bonchev–Trinajstić information content (AvgIpc) is 3.00. The van der Waals surface area contributed by atoms with E-state index in [0.717, 1.165) is 41.5 Å². The van der Waals surface area contributed by atoms with Gasteiger partial charge in [0, 0.05) is 13.1 Å². The molecule has 0 aromatic heterocycles. The van der Waals surface area contributed by atoms with Crippen molar-refractivity contribution in [3.05, 3.63) is 28.7 Å². The van der Waals surface area contributed by atoms with Crippen molar-refractivity contribution in [2.24, 2.45) is 5.92 Å². The van der Waals surface area contributed by atoms with Crippen LogP contribution in [0.4, 0.5) is 4.79 Å². The van der Waals surface area contributed by atoms with Crippen LogP contribution in [0.3, 0.4) is 0 Å². The quantitative estimate of drug-likeness (QED) is 0.611. The number of amides is 3. The van der Waals surface area contributed by atoms with Gasteiger partial charge in [-0.15, -0.1) is 0 Å². The first-order chi connectivity index (χ1) is 14.4. The van der Waals surface area contributed by atoms with Crippen molar-refractivity contribution in [1.29, 1.82) is 0 Å². The lowest BCUT2D eigenvalue weighted by atomic mass is 9.99. The maximum absolute atomic E-state index is 12.7. The molecule has 0 saturated carbocycles. The van der Waals surface area contributed by atoms with Crippen LogP contribution in [-0.2, 0) is 9.59 Å². The van der Waals surface area contributed by atoms with E-state index < -0.39 is 11.1 Å². The highest BCUT2D eigenvalue weighted by Crippen LogP contribution is 2.34. The molecule has 3 amide bonds. The van der Waals surface area contributed by atoms with Crippen LogP contribution in [0, 0.1) is 5.92 Å². The number of benzene rings is 1. The third-order valence-electron chi connectivity index (χ3n) is 5.25. The second-order valence-corrected chi connectivity index (χ2v) is 8.58. The third-order valence-corrected chi connectivity index (χ3v) is 6.16. The van der Waals surface area contributed by atoms with Gasteiger partial charge in [0.25, 0.3) is 11.1 Å². The van der Waals surface area contributed by atoms with Crippen LogP contribution in [0.1, 0.15) is 38.7 Å². The number of imide groups is 1. The highest BCUT2D eigenvalue weighted by atomic mass is 32.2. The van der Waals surface area contributed by atoms with Crippen molar-refractivity contribution in [3.63, 3.8) is 0 Å². The van der Waals surface area contributed by atoms with Crippen LogP contribution in [0.5, 0.6) is 11.5 Å². The maximum Gasteiger partial charge on any atom is 0.294 e. The summed E-state index contributed by atoms with van der Waals surface area (Å²) in [6.45, 7) is 5.92. The molecule has 2 saturated heterocycles. The first kappa shape index (κ1) is 22.2. The van der Waals surface area contributed by atoms with Gasteiger partial charge in [-0.05, 0) is 60.7 Å². The molecule has 2 aliphatic rings. The Labute approximate surface area is 181 Å². The summed E-state index contributed by atoms with van der Waals surface area (Å²) in [4.78, 5) is 40.7. The Hall–Kier alpha value is -2.48. The lowest BCUT2D eigenvalue weighted by molar-refractivity contribution is -0.136. The zero-order chi connectivity index (χ0) is 21.7. The summed E-state index contributed by atoms with van der Waals surface area (Å²) < 4.78 is 11.0. The van der Waals surface area contributed by atoms with E-state index in [1.807, 2.05) is 13.0 Å². The van der Waals surface area contributed by atoms with E-state index >= 15 is 0 Å². The van der Waals surface area contributed by atoms with Gasteiger partial charge in [-0.1, -0.05) is 19.9 Å². The molecule has 0 aliphatic carbocycles. The first-order valence-electron chi connectivity index (χ1n) is 10.3. The molecule has 30 heavy (non-hydrogen) atoms. The monoisotopic (exact) mass is 432 g/mol. The number of thioether (sulfide) groups is 1. The summed E-state index contributed by atoms with van der Waals surface area (Å²) in [7, 11) is 1.55. The van der Waals surface area contributed by atoms with Crippen molar-refractivity contribution >= 4 is 34.9 Å². The normalized spacial score (nSPS) is 19.0. The molecule has 1 aromatic carbocycles. The molecule has 3 rings (SSSR count). The summed E-state index contributed by atoms with van der Waals surface area (Å²) in [5.41, 5.74) is 0.720. The molecule has 2 fully saturated rings. The standard InChI is InChI=1S/C22H28N2O5S/c1-4-11-29-17-6-5-16(12-18(17)28-3)13-19-21(26)24(22(27)30-19)14-20(25)23-9-7-15(2)8-10-23/h5-6,12-13,15H,4,7-11,14H2,1-3H3/b19-13-. The highest BCUT2D eigenvalue weighted by molar-refractivity contribution is 8.18. The molecule has 7 nitrogen and oxygen atoms in total. The van der Waals surface area contributed by atoms with Crippen molar-refractivity contribution in [1.82, 2.24) is 9.80 Å². The molecule has 0 atom stereocenters. The van der Waals surface area contributed by atoms with Gasteiger partial charge in [-0.2, -0.15) is 0 Å². The van der Waals surface area contributed by atoms with E-state index in [1.54, 1.807) is 30.2 Å². The number of rotatable bonds is 7. The molecule has 162 valence electrons. The molecule has 0 bridgehead atoms. The fourth-order valence-corrected chi connectivity index (χ4v) is 4.22. The first-order valence-corrected chi connectivity index (χ1v) is 11.1. The van der Waals surface area contributed by atoms with E-state index in [0.29, 0.717) is 42.0 Å². The molecule has 0 spiro atoms. The van der Waals surface area contributed by atoms with Gasteiger partial charge in [-0.3, -0.25) is 19.3 Å². The van der Waals surface area contributed by atoms with E-state index in [4.69, 9.17) is 9.47 Å². The van der Waals surface area contributed by atoms with Gasteiger partial charge in [0.15, 0.2) is 11.5 Å². The van der Waals surface area contributed by atoms with E-state index in [9.17, 15) is 14.4 Å². The molecule has 0 N–H and O–H groups in total. The van der Waals surface area contributed by atoms with Crippen molar-refractivity contribution in [2.45, 2.75) is 33.1 Å². The third kappa shape index (κ3) is 5.16. The van der Waals surface area contributed by atoms with Crippen molar-refractivity contribution in [2.75, 3.05) is 33.4 Å². The van der Waals surface area contributed by atoms with Crippen LogP contribution in [-0.4, -0.2) is 60.2 Å². The molecule has 1 aromatic rings. The van der Waals surface area contributed by atoms with Gasteiger partial charge in [0.2, 0.25) is 5.91 Å². The Kier molecular flexibility index (Phi) is 7.42. The summed E-state index contributed by atoms with van der Waals surface area (Å²) in [5, 5.41) is -0.417. The zero-order valence-corrected chi connectivity index (χ0v) is 18.5. The van der Waals surface area contributed by atoms with E-state index in [2.05, 4.69) is 6.92 Å².